The van der Waals surface area contributed by atoms with Gasteiger partial charge in [0.2, 0.25) is 5.91 Å². The van der Waals surface area contributed by atoms with Crippen molar-refractivity contribution in [2.75, 3.05) is 17.7 Å². The number of H-pyrrole nitrogens is 1. The summed E-state index contributed by atoms with van der Waals surface area (Å²) in [7, 11) is 0. The summed E-state index contributed by atoms with van der Waals surface area (Å²) in [6.07, 6.45) is 4.02. The zero-order chi connectivity index (χ0) is 27.5. The molecule has 8 nitrogen and oxygen atoms in total. The summed E-state index contributed by atoms with van der Waals surface area (Å²) in [5.74, 6) is 0.0339. The van der Waals surface area contributed by atoms with Crippen LogP contribution >= 0.6 is 0 Å². The van der Waals surface area contributed by atoms with E-state index in [1.807, 2.05) is 44.2 Å². The number of aromatic amines is 1. The molecule has 3 aromatic carbocycles. The van der Waals surface area contributed by atoms with Gasteiger partial charge in [-0.15, -0.1) is 0 Å². The van der Waals surface area contributed by atoms with Crippen LogP contribution in [0.1, 0.15) is 47.2 Å². The van der Waals surface area contributed by atoms with E-state index in [2.05, 4.69) is 15.3 Å². The number of nitrogens with two attached hydrogens (primary N) is 2. The molecule has 6 N–H and O–H groups in total. The molecule has 2 heterocycles. The van der Waals surface area contributed by atoms with Crippen LogP contribution in [0, 0.1) is 5.82 Å². The molecular formula is C30H29FN6O2. The molecule has 0 aliphatic rings. The number of nitrogens with zero attached hydrogens (tertiary/aromatic N) is 2. The summed E-state index contributed by atoms with van der Waals surface area (Å²) in [5, 5.41) is 5.15. The van der Waals surface area contributed by atoms with Gasteiger partial charge >= 0.3 is 0 Å². The first-order valence-electron chi connectivity index (χ1n) is 12.7. The third-order valence-corrected chi connectivity index (χ3v) is 6.59. The number of carbonyl (C=O) groups is 1. The Balaban J connectivity index is 1.64. The first kappa shape index (κ1) is 25.7. The summed E-state index contributed by atoms with van der Waals surface area (Å²) in [4.78, 5) is 24.2. The lowest BCUT2D eigenvalue weighted by Gasteiger charge is -2.22. The quantitative estimate of drug-likeness (QED) is 0.198. The Morgan fingerprint density at radius 1 is 1.13 bits per heavy atom. The number of hydrogen-bond acceptors (Lipinski definition) is 6. The molecule has 198 valence electrons. The lowest BCUT2D eigenvalue weighted by Crippen LogP contribution is -2.17. The summed E-state index contributed by atoms with van der Waals surface area (Å²) in [5.41, 5.74) is 15.1. The number of amides is 1. The number of ether oxygens (including phenoxy) is 1. The van der Waals surface area contributed by atoms with E-state index in [9.17, 15) is 4.79 Å². The Labute approximate surface area is 225 Å². The molecule has 0 aliphatic heterocycles. The fourth-order valence-electron chi connectivity index (χ4n) is 4.65. The number of nitrogen functional groups attached to an aromatic ring is 1. The number of imidazole rings is 1. The number of aromatic nitrogens is 3. The van der Waals surface area contributed by atoms with E-state index in [4.69, 9.17) is 21.2 Å². The number of hydrogen-bond donors (Lipinski definition) is 4. The summed E-state index contributed by atoms with van der Waals surface area (Å²) in [6, 6.07) is 17.3. The molecule has 0 aliphatic carbocycles. The smallest absolute Gasteiger partial charge is 0.249 e. The van der Waals surface area contributed by atoms with Crippen LogP contribution < -0.4 is 21.5 Å². The largest absolute Gasteiger partial charge is 0.491 e. The van der Waals surface area contributed by atoms with Gasteiger partial charge in [0.05, 0.1) is 12.3 Å². The molecular weight excluding hydrogens is 495 g/mol. The van der Waals surface area contributed by atoms with Crippen LogP contribution in [0.25, 0.3) is 22.0 Å². The molecule has 0 saturated carbocycles. The lowest BCUT2D eigenvalue weighted by atomic mass is 9.99. The predicted molar refractivity (Wildman–Crippen MR) is 151 cm³/mol. The molecule has 0 saturated heterocycles. The number of nitrogens with one attached hydrogen (secondary N) is 2. The summed E-state index contributed by atoms with van der Waals surface area (Å²) < 4.78 is 21.6. The van der Waals surface area contributed by atoms with Crippen LogP contribution in [-0.2, 0) is 6.42 Å². The standard InChI is InChI=1S/C30H29FN6O2/c1-3-17-13-23(26(31)25(14-17)39-4-2)27(36-19-9-10-20-18(15-19)11-12-34-28(20)32)30-35-16-24(37-30)21-7-5-6-8-22(21)29(33)38/h5-16,27,36H,3-4H2,1-2H3,(H2,32,34)(H2,33,38)(H,35,37). The predicted octanol–water partition coefficient (Wildman–Crippen LogP) is 5.61. The van der Waals surface area contributed by atoms with E-state index < -0.39 is 17.8 Å². The van der Waals surface area contributed by atoms with Crippen molar-refractivity contribution in [3.05, 3.63) is 101 Å². The van der Waals surface area contributed by atoms with Gasteiger partial charge in [-0.05, 0) is 60.7 Å². The maximum atomic E-state index is 15.9. The van der Waals surface area contributed by atoms with Gasteiger partial charge in [-0.2, -0.15) is 0 Å². The number of anilines is 2. The molecule has 0 spiro atoms. The van der Waals surface area contributed by atoms with Crippen molar-refractivity contribution in [1.82, 2.24) is 15.0 Å². The highest BCUT2D eigenvalue weighted by Gasteiger charge is 2.25. The van der Waals surface area contributed by atoms with Gasteiger partial charge in [-0.25, -0.2) is 14.4 Å². The summed E-state index contributed by atoms with van der Waals surface area (Å²) in [6.45, 7) is 4.15. The van der Waals surface area contributed by atoms with Crippen LogP contribution in [0.2, 0.25) is 0 Å². The second-order valence-corrected chi connectivity index (χ2v) is 9.07. The Morgan fingerprint density at radius 2 is 1.95 bits per heavy atom. The SMILES string of the molecule is CCOc1cc(CC)cc(C(Nc2ccc3c(N)nccc3c2)c2nc(-c3ccccc3C(N)=O)c[nH]2)c1F. The Bertz CT molecular complexity index is 1670. The summed E-state index contributed by atoms with van der Waals surface area (Å²) >= 11 is 0. The maximum Gasteiger partial charge on any atom is 0.249 e. The Hall–Kier alpha value is -4.92. The molecule has 5 aromatic rings. The van der Waals surface area contributed by atoms with Crippen molar-refractivity contribution in [3.63, 3.8) is 0 Å². The molecule has 0 fully saturated rings. The fraction of sp³-hybridized carbons (Fsp3) is 0.167. The number of fused-ring (bicyclic) bond motifs is 1. The van der Waals surface area contributed by atoms with Crippen LogP contribution in [-0.4, -0.2) is 27.5 Å². The van der Waals surface area contributed by atoms with Crippen LogP contribution in [0.15, 0.2) is 73.1 Å². The Kier molecular flexibility index (Phi) is 7.14. The zero-order valence-electron chi connectivity index (χ0n) is 21.7. The number of primary amides is 1. The highest BCUT2D eigenvalue weighted by molar-refractivity contribution is 5.99. The van der Waals surface area contributed by atoms with E-state index in [1.165, 1.54) is 0 Å². The topological polar surface area (TPSA) is 132 Å². The number of rotatable bonds is 9. The molecule has 5 rings (SSSR count). The highest BCUT2D eigenvalue weighted by Crippen LogP contribution is 2.35. The van der Waals surface area contributed by atoms with Crippen molar-refractivity contribution in [2.45, 2.75) is 26.3 Å². The van der Waals surface area contributed by atoms with Crippen molar-refractivity contribution in [2.24, 2.45) is 5.73 Å². The fourth-order valence-corrected chi connectivity index (χ4v) is 4.65. The second-order valence-electron chi connectivity index (χ2n) is 9.07. The van der Waals surface area contributed by atoms with Crippen molar-refractivity contribution in [1.29, 1.82) is 0 Å². The first-order chi connectivity index (χ1) is 18.9. The number of halogens is 1. The average Bonchev–Trinajstić information content (AvgIpc) is 3.43. The molecule has 1 unspecified atom stereocenters. The number of carbonyl (C=O) groups excluding carboxylic acids is 1. The molecule has 0 radical (unpaired) electrons. The first-order valence-corrected chi connectivity index (χ1v) is 12.7. The number of pyridine rings is 1. The normalized spacial score (nSPS) is 11.9. The van der Waals surface area contributed by atoms with E-state index >= 15 is 4.39 Å². The molecule has 2 aromatic heterocycles. The third kappa shape index (κ3) is 5.11. The molecule has 1 amide bonds. The van der Waals surface area contributed by atoms with Crippen molar-refractivity contribution < 1.29 is 13.9 Å². The van der Waals surface area contributed by atoms with Gasteiger partial charge in [-0.1, -0.05) is 31.2 Å². The minimum absolute atomic E-state index is 0.182. The van der Waals surface area contributed by atoms with Gasteiger partial charge in [0.15, 0.2) is 11.6 Å². The zero-order valence-corrected chi connectivity index (χ0v) is 21.7. The molecule has 0 bridgehead atoms. The monoisotopic (exact) mass is 524 g/mol. The van der Waals surface area contributed by atoms with Gasteiger partial charge in [0, 0.05) is 40.2 Å². The number of benzene rings is 3. The average molecular weight is 525 g/mol. The number of aryl methyl sites for hydroxylation is 1. The van der Waals surface area contributed by atoms with E-state index in [0.717, 1.165) is 22.0 Å². The van der Waals surface area contributed by atoms with Gasteiger partial charge in [0.25, 0.3) is 0 Å². The molecule has 1 atom stereocenters. The van der Waals surface area contributed by atoms with E-state index in [0.29, 0.717) is 47.1 Å². The van der Waals surface area contributed by atoms with Gasteiger partial charge in [-0.3, -0.25) is 4.79 Å². The lowest BCUT2D eigenvalue weighted by molar-refractivity contribution is 0.100. The minimum atomic E-state index is -0.721. The van der Waals surface area contributed by atoms with E-state index in [-0.39, 0.29) is 5.75 Å². The minimum Gasteiger partial charge on any atom is -0.491 e. The van der Waals surface area contributed by atoms with E-state index in [1.54, 1.807) is 42.7 Å². The molecule has 9 heteroatoms. The van der Waals surface area contributed by atoms with Gasteiger partial charge < -0.3 is 26.5 Å². The van der Waals surface area contributed by atoms with Crippen LogP contribution in [0.3, 0.4) is 0 Å². The van der Waals surface area contributed by atoms with Crippen LogP contribution in [0.5, 0.6) is 5.75 Å². The van der Waals surface area contributed by atoms with Crippen molar-refractivity contribution >= 4 is 28.2 Å². The second kappa shape index (κ2) is 10.8. The molecule has 39 heavy (non-hydrogen) atoms. The maximum absolute atomic E-state index is 15.9. The Morgan fingerprint density at radius 3 is 2.72 bits per heavy atom. The van der Waals surface area contributed by atoms with Crippen molar-refractivity contribution in [3.8, 4) is 17.0 Å². The van der Waals surface area contributed by atoms with Crippen LogP contribution in [0.4, 0.5) is 15.9 Å². The van der Waals surface area contributed by atoms with Gasteiger partial charge in [0.1, 0.15) is 17.7 Å². The highest BCUT2D eigenvalue weighted by atomic mass is 19.1. The third-order valence-electron chi connectivity index (χ3n) is 6.59.